The van der Waals surface area contributed by atoms with Crippen molar-refractivity contribution in [3.8, 4) is 0 Å². The summed E-state index contributed by atoms with van der Waals surface area (Å²) in [5.74, 6) is -2.26. The summed E-state index contributed by atoms with van der Waals surface area (Å²) in [4.78, 5) is 39.0. The van der Waals surface area contributed by atoms with E-state index in [4.69, 9.17) is 14.2 Å². The molecule has 6 nitrogen and oxygen atoms in total. The lowest BCUT2D eigenvalue weighted by molar-refractivity contribution is -0.177. The van der Waals surface area contributed by atoms with Gasteiger partial charge in [0.1, 0.15) is 6.61 Å². The van der Waals surface area contributed by atoms with E-state index in [1.54, 1.807) is 13.8 Å². The van der Waals surface area contributed by atoms with Gasteiger partial charge in [-0.1, -0.05) is 75.4 Å². The second-order valence-corrected chi connectivity index (χ2v) is 8.97. The maximum atomic E-state index is 13.1. The molecule has 0 atom stereocenters. The van der Waals surface area contributed by atoms with E-state index in [1.807, 2.05) is 54.6 Å². The van der Waals surface area contributed by atoms with Crippen molar-refractivity contribution in [2.75, 3.05) is 13.2 Å². The minimum Gasteiger partial charge on any atom is -0.465 e. The summed E-state index contributed by atoms with van der Waals surface area (Å²) in [5, 5.41) is 0. The first kappa shape index (κ1) is 26.1. The van der Waals surface area contributed by atoms with Crippen molar-refractivity contribution in [2.24, 2.45) is 5.41 Å². The van der Waals surface area contributed by atoms with Gasteiger partial charge in [-0.15, -0.1) is 0 Å². The Kier molecular flexibility index (Phi) is 9.21. The van der Waals surface area contributed by atoms with Gasteiger partial charge in [-0.05, 0) is 42.4 Å². The van der Waals surface area contributed by atoms with E-state index in [0.29, 0.717) is 0 Å². The Bertz CT molecular complexity index is 907. The molecular weight excluding hydrogens is 420 g/mol. The highest BCUT2D eigenvalue weighted by molar-refractivity contribution is 6.03. The lowest BCUT2D eigenvalue weighted by Gasteiger charge is -2.29. The van der Waals surface area contributed by atoms with Crippen molar-refractivity contribution in [1.82, 2.24) is 0 Å². The summed E-state index contributed by atoms with van der Waals surface area (Å²) in [6, 6.07) is 16.9. The third kappa shape index (κ3) is 7.17. The van der Waals surface area contributed by atoms with Crippen LogP contribution in [0, 0.1) is 5.41 Å². The summed E-state index contributed by atoms with van der Waals surface area (Å²) in [5.41, 5.74) is 0.773. The van der Waals surface area contributed by atoms with E-state index in [0.717, 1.165) is 16.7 Å². The summed E-state index contributed by atoms with van der Waals surface area (Å²) in [7, 11) is 0. The number of hydrogen-bond donors (Lipinski definition) is 0. The molecule has 2 aromatic carbocycles. The van der Waals surface area contributed by atoms with Crippen LogP contribution in [0.4, 0.5) is 0 Å². The molecule has 178 valence electrons. The molecule has 0 aliphatic carbocycles. The van der Waals surface area contributed by atoms with Gasteiger partial charge >= 0.3 is 17.9 Å². The average molecular weight is 455 g/mol. The number of esters is 3. The lowest BCUT2D eigenvalue weighted by Crippen LogP contribution is -2.46. The van der Waals surface area contributed by atoms with Crippen LogP contribution in [0.1, 0.15) is 57.7 Å². The van der Waals surface area contributed by atoms with Gasteiger partial charge in [0.15, 0.2) is 5.41 Å². The van der Waals surface area contributed by atoms with E-state index in [-0.39, 0.29) is 31.7 Å². The maximum absolute atomic E-state index is 13.1. The molecule has 0 unspecified atom stereocenters. The Morgan fingerprint density at radius 2 is 1.27 bits per heavy atom. The van der Waals surface area contributed by atoms with Crippen molar-refractivity contribution in [1.29, 1.82) is 0 Å². The summed E-state index contributed by atoms with van der Waals surface area (Å²) < 4.78 is 15.9. The van der Waals surface area contributed by atoms with Gasteiger partial charge in [0, 0.05) is 0 Å². The molecular formula is C27H34O6. The summed E-state index contributed by atoms with van der Waals surface area (Å²) >= 11 is 0. The normalized spacial score (nSPS) is 11.5. The zero-order valence-electron chi connectivity index (χ0n) is 20.2. The van der Waals surface area contributed by atoms with Crippen LogP contribution >= 0.6 is 0 Å². The van der Waals surface area contributed by atoms with E-state index in [9.17, 15) is 14.4 Å². The Morgan fingerprint density at radius 3 is 1.76 bits per heavy atom. The van der Waals surface area contributed by atoms with Gasteiger partial charge in [-0.25, -0.2) is 0 Å². The predicted molar refractivity (Wildman–Crippen MR) is 125 cm³/mol. The number of hydrogen-bond acceptors (Lipinski definition) is 6. The van der Waals surface area contributed by atoms with Gasteiger partial charge < -0.3 is 14.2 Å². The van der Waals surface area contributed by atoms with Crippen LogP contribution in [-0.4, -0.2) is 31.1 Å². The first-order chi connectivity index (χ1) is 15.6. The van der Waals surface area contributed by atoms with Crippen LogP contribution in [0.15, 0.2) is 54.6 Å². The van der Waals surface area contributed by atoms with Crippen molar-refractivity contribution >= 4 is 17.9 Å². The van der Waals surface area contributed by atoms with E-state index >= 15 is 0 Å². The molecule has 0 N–H and O–H groups in total. The van der Waals surface area contributed by atoms with Crippen LogP contribution in [0.2, 0.25) is 0 Å². The Labute approximate surface area is 196 Å². The molecule has 0 bridgehead atoms. The monoisotopic (exact) mass is 454 g/mol. The molecule has 2 rings (SSSR count). The third-order valence-electron chi connectivity index (χ3n) is 5.35. The van der Waals surface area contributed by atoms with Crippen molar-refractivity contribution in [2.45, 2.75) is 59.5 Å². The number of carbonyl (C=O) groups excluding carboxylic acids is 3. The molecule has 0 radical (unpaired) electrons. The topological polar surface area (TPSA) is 78.9 Å². The van der Waals surface area contributed by atoms with Gasteiger partial charge in [-0.2, -0.15) is 0 Å². The first-order valence-electron chi connectivity index (χ1n) is 11.3. The van der Waals surface area contributed by atoms with E-state index in [2.05, 4.69) is 20.8 Å². The van der Waals surface area contributed by atoms with E-state index < -0.39 is 29.7 Å². The molecule has 0 saturated heterocycles. The van der Waals surface area contributed by atoms with Crippen LogP contribution in [-0.2, 0) is 47.0 Å². The average Bonchev–Trinajstić information content (AvgIpc) is 2.78. The fraction of sp³-hybridized carbons (Fsp3) is 0.444. The zero-order valence-corrected chi connectivity index (χ0v) is 20.2. The fourth-order valence-corrected chi connectivity index (χ4v) is 3.48. The highest BCUT2D eigenvalue weighted by Gasteiger charge is 2.51. The smallest absolute Gasteiger partial charge is 0.324 e. The molecule has 0 aliphatic heterocycles. The molecule has 0 aliphatic rings. The number of rotatable bonds is 10. The fourth-order valence-electron chi connectivity index (χ4n) is 3.48. The van der Waals surface area contributed by atoms with Gasteiger partial charge in [0.2, 0.25) is 0 Å². The molecule has 0 heterocycles. The Balaban J connectivity index is 2.34. The van der Waals surface area contributed by atoms with Crippen molar-refractivity contribution in [3.63, 3.8) is 0 Å². The van der Waals surface area contributed by atoms with Gasteiger partial charge in [0.05, 0.1) is 19.6 Å². The second-order valence-electron chi connectivity index (χ2n) is 8.97. The summed E-state index contributed by atoms with van der Waals surface area (Å²) in [6.07, 6.45) is -0.506. The van der Waals surface area contributed by atoms with Crippen LogP contribution < -0.4 is 0 Å². The Hall–Kier alpha value is -3.15. The number of ether oxygens (including phenoxy) is 3. The predicted octanol–water partition coefficient (Wildman–Crippen LogP) is 4.77. The van der Waals surface area contributed by atoms with Crippen LogP contribution in [0.5, 0.6) is 0 Å². The molecule has 0 saturated carbocycles. The van der Waals surface area contributed by atoms with Crippen molar-refractivity contribution < 1.29 is 28.6 Å². The molecule has 33 heavy (non-hydrogen) atoms. The molecule has 0 amide bonds. The molecule has 0 spiro atoms. The summed E-state index contributed by atoms with van der Waals surface area (Å²) in [6.45, 7) is 9.80. The third-order valence-corrected chi connectivity index (χ3v) is 5.35. The van der Waals surface area contributed by atoms with E-state index in [1.165, 1.54) is 0 Å². The van der Waals surface area contributed by atoms with Gasteiger partial charge in [-0.3, -0.25) is 14.4 Å². The Morgan fingerprint density at radius 1 is 0.727 bits per heavy atom. The molecule has 0 fully saturated rings. The molecule has 6 heteroatoms. The SMILES string of the molecule is CCOC(=O)C(CC(=O)OCc1ccccc1)(Cc1ccc(C(C)(C)C)cc1)C(=O)OCC. The number of benzene rings is 2. The standard InChI is InChI=1S/C27H34O6/c1-6-31-24(29)27(25(30)32-7-2,17-20-13-15-22(16-14-20)26(3,4)5)18-23(28)33-19-21-11-9-8-10-12-21/h8-16H,6-7,17-19H2,1-5H3. The highest BCUT2D eigenvalue weighted by Crippen LogP contribution is 2.33. The quantitative estimate of drug-likeness (QED) is 0.292. The van der Waals surface area contributed by atoms with Crippen LogP contribution in [0.3, 0.4) is 0 Å². The highest BCUT2D eigenvalue weighted by atomic mass is 16.6. The zero-order chi connectivity index (χ0) is 24.5. The molecule has 0 aromatic heterocycles. The lowest BCUT2D eigenvalue weighted by atomic mass is 9.77. The largest absolute Gasteiger partial charge is 0.465 e. The molecule has 2 aromatic rings. The van der Waals surface area contributed by atoms with Crippen molar-refractivity contribution in [3.05, 3.63) is 71.3 Å². The number of carbonyl (C=O) groups is 3. The maximum Gasteiger partial charge on any atom is 0.324 e. The first-order valence-corrected chi connectivity index (χ1v) is 11.3. The minimum atomic E-state index is -1.83. The second kappa shape index (κ2) is 11.6. The minimum absolute atomic E-state index is 0.0322. The van der Waals surface area contributed by atoms with Gasteiger partial charge in [0.25, 0.3) is 0 Å². The van der Waals surface area contributed by atoms with Crippen LogP contribution in [0.25, 0.3) is 0 Å².